The Morgan fingerprint density at radius 2 is 1.69 bits per heavy atom. The van der Waals surface area contributed by atoms with Crippen LogP contribution in [0.1, 0.15) is 70.6 Å². The van der Waals surface area contributed by atoms with Crippen LogP contribution in [-0.4, -0.2) is 69.8 Å². The second-order valence-corrected chi connectivity index (χ2v) is 9.68. The third-order valence-corrected chi connectivity index (χ3v) is 7.14. The highest BCUT2D eigenvalue weighted by Gasteiger charge is 2.30. The first kappa shape index (κ1) is 26.2. The molecule has 10 heteroatoms. The molecule has 0 bridgehead atoms. The van der Waals surface area contributed by atoms with Crippen LogP contribution in [0, 0.1) is 11.8 Å². The van der Waals surface area contributed by atoms with Crippen LogP contribution in [0.3, 0.4) is 0 Å². The van der Waals surface area contributed by atoms with Gasteiger partial charge in [0.05, 0.1) is 0 Å². The van der Waals surface area contributed by atoms with E-state index in [0.29, 0.717) is 31.2 Å². The maximum atomic E-state index is 12.4. The number of imide groups is 1. The molecule has 1 saturated carbocycles. The molecule has 2 aliphatic rings. The first-order valence-corrected chi connectivity index (χ1v) is 12.4. The summed E-state index contributed by atoms with van der Waals surface area (Å²) in [6, 6.07) is 0. The summed E-state index contributed by atoms with van der Waals surface area (Å²) in [7, 11) is 1.78. The van der Waals surface area contributed by atoms with Gasteiger partial charge in [-0.05, 0) is 56.4 Å². The highest BCUT2D eigenvalue weighted by Crippen LogP contribution is 2.29. The molecule has 0 unspecified atom stereocenters. The molecule has 1 aliphatic carbocycles. The summed E-state index contributed by atoms with van der Waals surface area (Å²) in [6.45, 7) is 1.24. The van der Waals surface area contributed by atoms with Crippen molar-refractivity contribution in [2.75, 3.05) is 25.9 Å². The van der Waals surface area contributed by atoms with Gasteiger partial charge in [-0.2, -0.15) is 0 Å². The van der Waals surface area contributed by atoms with E-state index in [4.69, 9.17) is 5.11 Å². The molecule has 2 N–H and O–H groups in total. The van der Waals surface area contributed by atoms with Crippen molar-refractivity contribution in [1.29, 1.82) is 0 Å². The van der Waals surface area contributed by atoms with E-state index in [0.717, 1.165) is 50.5 Å². The molecular weight excluding hydrogens is 434 g/mol. The predicted octanol–water partition coefficient (Wildman–Crippen LogP) is 2.20. The molecule has 9 nitrogen and oxygen atoms in total. The van der Waals surface area contributed by atoms with Crippen molar-refractivity contribution < 1.29 is 29.1 Å². The van der Waals surface area contributed by atoms with Crippen molar-refractivity contribution >= 4 is 41.5 Å². The smallest absolute Gasteiger partial charge is 0.303 e. The van der Waals surface area contributed by atoms with Gasteiger partial charge in [0.15, 0.2) is 0 Å². The first-order chi connectivity index (χ1) is 15.3. The van der Waals surface area contributed by atoms with Gasteiger partial charge in [0, 0.05) is 57.5 Å². The van der Waals surface area contributed by atoms with Gasteiger partial charge in [0.1, 0.15) is 0 Å². The van der Waals surface area contributed by atoms with Crippen molar-refractivity contribution in [3.63, 3.8) is 0 Å². The number of hydrogen-bond acceptors (Lipinski definition) is 6. The zero-order valence-electron chi connectivity index (χ0n) is 18.8. The Morgan fingerprint density at radius 1 is 1.03 bits per heavy atom. The lowest BCUT2D eigenvalue weighted by molar-refractivity contribution is -0.137. The summed E-state index contributed by atoms with van der Waals surface area (Å²) in [4.78, 5) is 60.1. The maximum Gasteiger partial charge on any atom is 0.303 e. The zero-order chi connectivity index (χ0) is 23.5. The molecule has 2 fully saturated rings. The minimum Gasteiger partial charge on any atom is -0.481 e. The second-order valence-electron chi connectivity index (χ2n) is 8.65. The van der Waals surface area contributed by atoms with Crippen molar-refractivity contribution in [2.45, 2.75) is 70.6 Å². The van der Waals surface area contributed by atoms with E-state index < -0.39 is 5.97 Å². The molecule has 1 saturated heterocycles. The summed E-state index contributed by atoms with van der Waals surface area (Å²) in [5.74, 6) is -0.277. The fourth-order valence-corrected chi connectivity index (χ4v) is 5.06. The molecular formula is C22H35N3O6S. The molecule has 1 aliphatic heterocycles. The minimum atomic E-state index is -0.785. The van der Waals surface area contributed by atoms with Crippen LogP contribution in [0.2, 0.25) is 0 Å². The monoisotopic (exact) mass is 469 g/mol. The summed E-state index contributed by atoms with van der Waals surface area (Å²) in [5.41, 5.74) is 0. The molecule has 32 heavy (non-hydrogen) atoms. The quantitative estimate of drug-likeness (QED) is 0.241. The number of nitrogens with zero attached hydrogens (tertiary/aromatic N) is 2. The molecule has 0 atom stereocenters. The van der Waals surface area contributed by atoms with Gasteiger partial charge < -0.3 is 15.3 Å². The number of nitrogens with one attached hydrogen (secondary N) is 1. The molecule has 0 aromatic heterocycles. The van der Waals surface area contributed by atoms with Gasteiger partial charge in [-0.1, -0.05) is 6.42 Å². The second kappa shape index (κ2) is 13.4. The lowest BCUT2D eigenvalue weighted by Crippen LogP contribution is -2.37. The van der Waals surface area contributed by atoms with Crippen LogP contribution in [0.4, 0.5) is 0 Å². The number of hydrogen-bond donors (Lipinski definition) is 2. The third kappa shape index (κ3) is 8.80. The highest BCUT2D eigenvalue weighted by molar-refractivity contribution is 7.98. The Balaban J connectivity index is 1.57. The van der Waals surface area contributed by atoms with E-state index >= 15 is 0 Å². The SMILES string of the molecule is CN(CC1CCC(C(=O)NCCCCCC(=O)O)CC1)C(=O)CCSN1C(=O)CCC1=O. The van der Waals surface area contributed by atoms with Crippen molar-refractivity contribution in [3.05, 3.63) is 0 Å². The van der Waals surface area contributed by atoms with Gasteiger partial charge in [0.25, 0.3) is 0 Å². The molecule has 0 radical (unpaired) electrons. The normalized spacial score (nSPS) is 21.0. The molecule has 0 aromatic rings. The number of carbonyl (C=O) groups is 5. The molecule has 2 rings (SSSR count). The number of carboxylic acid groups (broad SMARTS) is 1. The molecule has 0 spiro atoms. The van der Waals surface area contributed by atoms with Gasteiger partial charge in [-0.25, -0.2) is 4.31 Å². The van der Waals surface area contributed by atoms with Crippen LogP contribution in [0.25, 0.3) is 0 Å². The average molecular weight is 470 g/mol. The predicted molar refractivity (Wildman–Crippen MR) is 120 cm³/mol. The standard InChI is InChI=1S/C22H35N3O6S/c1-24(18(26)12-14-32-25-19(27)10-11-20(25)28)15-16-6-8-17(9-7-16)22(31)23-13-4-2-3-5-21(29)30/h16-17H,2-15H2,1H3,(H,23,31)(H,29,30). The van der Waals surface area contributed by atoms with Gasteiger partial charge in [-0.15, -0.1) is 0 Å². The average Bonchev–Trinajstić information content (AvgIpc) is 3.08. The highest BCUT2D eigenvalue weighted by atomic mass is 32.2. The molecule has 180 valence electrons. The van der Waals surface area contributed by atoms with Crippen molar-refractivity contribution in [1.82, 2.24) is 14.5 Å². The van der Waals surface area contributed by atoms with Gasteiger partial charge in [0.2, 0.25) is 23.6 Å². The van der Waals surface area contributed by atoms with Crippen LogP contribution in [-0.2, 0) is 24.0 Å². The van der Waals surface area contributed by atoms with Crippen LogP contribution >= 0.6 is 11.9 Å². The first-order valence-electron chi connectivity index (χ1n) is 11.5. The molecule has 4 amide bonds. The lowest BCUT2D eigenvalue weighted by Gasteiger charge is -2.30. The number of carboxylic acids is 1. The Hall–Kier alpha value is -2.10. The molecule has 1 heterocycles. The fraction of sp³-hybridized carbons (Fsp3) is 0.773. The molecule has 0 aromatic carbocycles. The fourth-order valence-electron chi connectivity index (χ4n) is 4.15. The Morgan fingerprint density at radius 3 is 2.31 bits per heavy atom. The number of aliphatic carboxylic acids is 1. The largest absolute Gasteiger partial charge is 0.481 e. The zero-order valence-corrected chi connectivity index (χ0v) is 19.7. The van der Waals surface area contributed by atoms with Gasteiger partial charge >= 0.3 is 5.97 Å². The van der Waals surface area contributed by atoms with Crippen molar-refractivity contribution in [2.24, 2.45) is 11.8 Å². The summed E-state index contributed by atoms with van der Waals surface area (Å²) < 4.78 is 1.18. The minimum absolute atomic E-state index is 0.000593. The van der Waals surface area contributed by atoms with E-state index in [1.807, 2.05) is 0 Å². The van der Waals surface area contributed by atoms with E-state index in [1.165, 1.54) is 4.31 Å². The maximum absolute atomic E-state index is 12.4. The van der Waals surface area contributed by atoms with Crippen molar-refractivity contribution in [3.8, 4) is 0 Å². The van der Waals surface area contributed by atoms with E-state index in [-0.39, 0.29) is 55.2 Å². The summed E-state index contributed by atoms with van der Waals surface area (Å²) in [6.07, 6.45) is 6.62. The topological polar surface area (TPSA) is 124 Å². The lowest BCUT2D eigenvalue weighted by atomic mass is 9.81. The third-order valence-electron chi connectivity index (χ3n) is 6.08. The van der Waals surface area contributed by atoms with Gasteiger partial charge in [-0.3, -0.25) is 24.0 Å². The van der Waals surface area contributed by atoms with Crippen LogP contribution in [0.15, 0.2) is 0 Å². The Kier molecular flexibility index (Phi) is 11.0. The van der Waals surface area contributed by atoms with E-state index in [9.17, 15) is 24.0 Å². The summed E-state index contributed by atoms with van der Waals surface area (Å²) in [5, 5.41) is 11.6. The Bertz CT molecular complexity index is 677. The Labute approximate surface area is 193 Å². The number of amides is 4. The number of unbranched alkanes of at least 4 members (excludes halogenated alkanes) is 2. The number of rotatable bonds is 13. The van der Waals surface area contributed by atoms with E-state index in [2.05, 4.69) is 5.32 Å². The number of carbonyl (C=O) groups excluding carboxylic acids is 4. The van der Waals surface area contributed by atoms with E-state index in [1.54, 1.807) is 11.9 Å². The van der Waals surface area contributed by atoms with Crippen LogP contribution in [0.5, 0.6) is 0 Å². The summed E-state index contributed by atoms with van der Waals surface area (Å²) >= 11 is 1.12. The van der Waals surface area contributed by atoms with Crippen LogP contribution < -0.4 is 5.32 Å².